The molecule has 1 amide bonds. The number of aliphatic carboxylic acids is 1. The van der Waals surface area contributed by atoms with Crippen molar-refractivity contribution in [2.45, 2.75) is 76.8 Å². The van der Waals surface area contributed by atoms with E-state index in [1.54, 1.807) is 22.8 Å². The van der Waals surface area contributed by atoms with Crippen LogP contribution in [0.4, 0.5) is 0 Å². The van der Waals surface area contributed by atoms with Gasteiger partial charge in [0.2, 0.25) is 0 Å². The molecule has 0 spiro atoms. The molecule has 2 N–H and O–H groups in total. The summed E-state index contributed by atoms with van der Waals surface area (Å²) in [5.41, 5.74) is 3.19. The number of carboxylic acid groups (broad SMARTS) is 1. The van der Waals surface area contributed by atoms with Gasteiger partial charge in [0.1, 0.15) is 5.56 Å². The van der Waals surface area contributed by atoms with Crippen molar-refractivity contribution < 1.29 is 14.7 Å². The van der Waals surface area contributed by atoms with Crippen LogP contribution in [0.3, 0.4) is 0 Å². The lowest BCUT2D eigenvalue weighted by molar-refractivity contribution is -0.143. The molecule has 178 valence electrons. The predicted molar refractivity (Wildman–Crippen MR) is 128 cm³/mol. The fraction of sp³-hybridized carbons (Fsp3) is 0.481. The average Bonchev–Trinajstić information content (AvgIpc) is 2.82. The normalized spacial score (nSPS) is 20.3. The highest BCUT2D eigenvalue weighted by Gasteiger charge is 2.33. The van der Waals surface area contributed by atoms with Crippen molar-refractivity contribution in [2.24, 2.45) is 5.92 Å². The molecule has 0 bridgehead atoms. The van der Waals surface area contributed by atoms with Crippen molar-refractivity contribution in [2.75, 3.05) is 0 Å². The Balaban J connectivity index is 1.70. The number of nitriles is 1. The second kappa shape index (κ2) is 10.7. The van der Waals surface area contributed by atoms with E-state index in [1.165, 1.54) is 0 Å². The number of rotatable bonds is 5. The lowest BCUT2D eigenvalue weighted by Gasteiger charge is -2.29. The van der Waals surface area contributed by atoms with Crippen molar-refractivity contribution in [3.05, 3.63) is 68.6 Å². The summed E-state index contributed by atoms with van der Waals surface area (Å²) in [5, 5.41) is 21.5. The van der Waals surface area contributed by atoms with Crippen molar-refractivity contribution in [1.82, 2.24) is 9.88 Å². The fourth-order valence-corrected chi connectivity index (χ4v) is 5.28. The largest absolute Gasteiger partial charge is 0.481 e. The lowest BCUT2D eigenvalue weighted by Crippen LogP contribution is -2.47. The van der Waals surface area contributed by atoms with Gasteiger partial charge in [0.15, 0.2) is 0 Å². The van der Waals surface area contributed by atoms with Crippen LogP contribution in [0.2, 0.25) is 0 Å². The van der Waals surface area contributed by atoms with Gasteiger partial charge in [-0.25, -0.2) is 0 Å². The molecule has 1 saturated carbocycles. The van der Waals surface area contributed by atoms with Crippen LogP contribution in [0.5, 0.6) is 0 Å². The third kappa shape index (κ3) is 5.22. The number of amides is 1. The minimum atomic E-state index is -0.901. The fourth-order valence-electron chi connectivity index (χ4n) is 5.28. The van der Waals surface area contributed by atoms with Crippen molar-refractivity contribution in [1.29, 1.82) is 5.26 Å². The van der Waals surface area contributed by atoms with Crippen molar-refractivity contribution in [3.8, 4) is 6.07 Å². The molecular weight excluding hydrogens is 430 g/mol. The van der Waals surface area contributed by atoms with Crippen LogP contribution < -0.4 is 10.9 Å². The summed E-state index contributed by atoms with van der Waals surface area (Å²) in [5.74, 6) is -2.01. The molecule has 1 heterocycles. The van der Waals surface area contributed by atoms with Crippen LogP contribution >= 0.6 is 0 Å². The minimum absolute atomic E-state index is 0.0858. The Labute approximate surface area is 199 Å². The first-order chi connectivity index (χ1) is 16.5. The van der Waals surface area contributed by atoms with Gasteiger partial charge in [-0.15, -0.1) is 0 Å². The monoisotopic (exact) mass is 461 g/mol. The Morgan fingerprint density at radius 1 is 1.03 bits per heavy atom. The van der Waals surface area contributed by atoms with E-state index in [1.807, 2.05) is 12.1 Å². The SMILES string of the molecule is N#Cc1ccc(Cn2c3c(cc(C(=O)NC4CCCCC4C(=O)O)c2=O)CCCCCC3)cc1. The van der Waals surface area contributed by atoms with Crippen LogP contribution in [0.15, 0.2) is 35.1 Å². The number of hydrogen-bond donors (Lipinski definition) is 2. The zero-order chi connectivity index (χ0) is 24.1. The first-order valence-electron chi connectivity index (χ1n) is 12.3. The highest BCUT2D eigenvalue weighted by Crippen LogP contribution is 2.25. The van der Waals surface area contributed by atoms with E-state index in [-0.39, 0.29) is 11.1 Å². The number of benzene rings is 1. The van der Waals surface area contributed by atoms with E-state index in [4.69, 9.17) is 5.26 Å². The number of carbonyl (C=O) groups excluding carboxylic acids is 1. The van der Waals surface area contributed by atoms with E-state index < -0.39 is 23.8 Å². The number of carboxylic acids is 1. The van der Waals surface area contributed by atoms with Crippen LogP contribution in [0.1, 0.15) is 84.1 Å². The zero-order valence-electron chi connectivity index (χ0n) is 19.4. The highest BCUT2D eigenvalue weighted by atomic mass is 16.4. The van der Waals surface area contributed by atoms with Gasteiger partial charge in [0, 0.05) is 11.7 Å². The quantitative estimate of drug-likeness (QED) is 0.703. The molecule has 4 rings (SSSR count). The standard InChI is InChI=1S/C27H31N3O4/c28-16-18-11-13-19(14-12-18)17-30-24-10-4-2-1-3-7-20(24)15-22(26(30)32)25(31)29-23-9-6-5-8-21(23)27(33)34/h11-15,21,23H,1-10,17H2,(H,29,31)(H,33,34). The Morgan fingerprint density at radius 2 is 1.74 bits per heavy atom. The van der Waals surface area contributed by atoms with Crippen LogP contribution in [-0.4, -0.2) is 27.6 Å². The maximum absolute atomic E-state index is 13.6. The molecule has 1 aromatic heterocycles. The maximum atomic E-state index is 13.6. The van der Waals surface area contributed by atoms with Crippen molar-refractivity contribution in [3.63, 3.8) is 0 Å². The Hall–Kier alpha value is -3.40. The van der Waals surface area contributed by atoms with Gasteiger partial charge >= 0.3 is 5.97 Å². The molecule has 1 fully saturated rings. The minimum Gasteiger partial charge on any atom is -0.481 e. The van der Waals surface area contributed by atoms with Gasteiger partial charge in [0.05, 0.1) is 24.1 Å². The molecular formula is C27H31N3O4. The summed E-state index contributed by atoms with van der Waals surface area (Å²) >= 11 is 0. The summed E-state index contributed by atoms with van der Waals surface area (Å²) in [6, 6.07) is 10.5. The highest BCUT2D eigenvalue weighted by molar-refractivity contribution is 5.94. The van der Waals surface area contributed by atoms with E-state index in [0.29, 0.717) is 24.9 Å². The topological polar surface area (TPSA) is 112 Å². The van der Waals surface area contributed by atoms with Gasteiger partial charge in [-0.2, -0.15) is 5.26 Å². The summed E-state index contributed by atoms with van der Waals surface area (Å²) in [7, 11) is 0. The second-order valence-corrected chi connectivity index (χ2v) is 9.45. The zero-order valence-corrected chi connectivity index (χ0v) is 19.4. The molecule has 2 aromatic rings. The Kier molecular flexibility index (Phi) is 7.46. The van der Waals surface area contributed by atoms with Crippen LogP contribution in [-0.2, 0) is 24.2 Å². The molecule has 1 aromatic carbocycles. The van der Waals surface area contributed by atoms with Crippen LogP contribution in [0, 0.1) is 17.2 Å². The number of hydrogen-bond acceptors (Lipinski definition) is 4. The number of pyridine rings is 1. The third-order valence-corrected chi connectivity index (χ3v) is 7.17. The second-order valence-electron chi connectivity index (χ2n) is 9.45. The van der Waals surface area contributed by atoms with E-state index >= 15 is 0 Å². The molecule has 0 saturated heterocycles. The van der Waals surface area contributed by atoms with Gasteiger partial charge in [0.25, 0.3) is 11.5 Å². The summed E-state index contributed by atoms with van der Waals surface area (Å²) in [4.78, 5) is 38.6. The third-order valence-electron chi connectivity index (χ3n) is 7.17. The number of nitrogens with zero attached hydrogens (tertiary/aromatic N) is 2. The van der Waals surface area contributed by atoms with Gasteiger partial charge in [-0.3, -0.25) is 14.4 Å². The van der Waals surface area contributed by atoms with Gasteiger partial charge in [-0.05, 0) is 67.9 Å². The molecule has 0 aliphatic heterocycles. The predicted octanol–water partition coefficient (Wildman–Crippen LogP) is 3.80. The summed E-state index contributed by atoms with van der Waals surface area (Å²) < 4.78 is 1.71. The Bertz CT molecular complexity index is 1160. The molecule has 34 heavy (non-hydrogen) atoms. The number of fused-ring (bicyclic) bond motifs is 1. The lowest BCUT2D eigenvalue weighted by atomic mass is 9.84. The van der Waals surface area contributed by atoms with Gasteiger partial charge < -0.3 is 15.0 Å². The molecule has 7 heteroatoms. The van der Waals surface area contributed by atoms with Gasteiger partial charge in [-0.1, -0.05) is 37.8 Å². The molecule has 2 aliphatic carbocycles. The molecule has 2 atom stereocenters. The average molecular weight is 462 g/mol. The van der Waals surface area contributed by atoms with Crippen molar-refractivity contribution >= 4 is 11.9 Å². The number of aromatic nitrogens is 1. The molecule has 2 aliphatic rings. The van der Waals surface area contributed by atoms with E-state index in [0.717, 1.165) is 68.2 Å². The summed E-state index contributed by atoms with van der Waals surface area (Å²) in [6.45, 7) is 0.329. The molecule has 0 radical (unpaired) electrons. The first kappa shape index (κ1) is 23.7. The smallest absolute Gasteiger partial charge is 0.308 e. The van der Waals surface area contributed by atoms with Crippen LogP contribution in [0.25, 0.3) is 0 Å². The maximum Gasteiger partial charge on any atom is 0.308 e. The van der Waals surface area contributed by atoms with E-state index in [2.05, 4.69) is 11.4 Å². The number of aryl methyl sites for hydroxylation is 1. The Morgan fingerprint density at radius 3 is 2.44 bits per heavy atom. The molecule has 7 nitrogen and oxygen atoms in total. The number of carbonyl (C=O) groups is 2. The first-order valence-corrected chi connectivity index (χ1v) is 12.3. The van der Waals surface area contributed by atoms with E-state index in [9.17, 15) is 19.5 Å². The summed E-state index contributed by atoms with van der Waals surface area (Å²) in [6.07, 6.45) is 8.67. The molecule has 2 unspecified atom stereocenters. The number of nitrogens with one attached hydrogen (secondary N) is 1.